The molecule has 4 rings (SSSR count). The molecule has 4 fully saturated rings. The predicted molar refractivity (Wildman–Crippen MR) is 52.5 cm³/mol. The molecule has 0 spiro atoms. The summed E-state index contributed by atoms with van der Waals surface area (Å²) >= 11 is 0. The van der Waals surface area contributed by atoms with Crippen LogP contribution in [0.3, 0.4) is 0 Å². The number of nitrogens with one attached hydrogen (secondary N) is 1. The quantitative estimate of drug-likeness (QED) is 0.686. The Morgan fingerprint density at radius 3 is 2.40 bits per heavy atom. The summed E-state index contributed by atoms with van der Waals surface area (Å²) in [5.41, 5.74) is -0.268. The highest BCUT2D eigenvalue weighted by Gasteiger charge is 2.55. The summed E-state index contributed by atoms with van der Waals surface area (Å²) in [6.45, 7) is 0. The maximum absolute atomic E-state index is 11.8. The largest absolute Gasteiger partial charge is 0.465 e. The van der Waals surface area contributed by atoms with Gasteiger partial charge < -0.3 is 10.4 Å². The van der Waals surface area contributed by atoms with Crippen molar-refractivity contribution >= 4 is 11.9 Å². The van der Waals surface area contributed by atoms with Crippen molar-refractivity contribution in [1.82, 2.24) is 5.32 Å². The number of carbonyl (C=O) groups is 2. The molecule has 0 saturated heterocycles. The van der Waals surface area contributed by atoms with Gasteiger partial charge in [0.05, 0.1) is 0 Å². The second kappa shape index (κ2) is 2.74. The Bertz CT molecular complexity index is 321. The highest BCUT2D eigenvalue weighted by atomic mass is 16.4. The molecule has 0 aromatic heterocycles. The predicted octanol–water partition coefficient (Wildman–Crippen LogP) is 1.40. The summed E-state index contributed by atoms with van der Waals surface area (Å²) in [7, 11) is 0. The molecule has 3 unspecified atom stereocenters. The number of carboxylic acid groups (broad SMARTS) is 1. The first-order valence-electron chi connectivity index (χ1n) is 5.63. The number of rotatable bonds is 1. The van der Waals surface area contributed by atoms with Crippen molar-refractivity contribution in [3.05, 3.63) is 0 Å². The number of carbonyl (C=O) groups excluding carboxylic acids is 1. The van der Waals surface area contributed by atoms with E-state index in [0.29, 0.717) is 11.7 Å². The van der Waals surface area contributed by atoms with Crippen LogP contribution in [0, 0.1) is 17.8 Å². The third-order valence-electron chi connectivity index (χ3n) is 4.37. The molecule has 2 N–H and O–H groups in total. The van der Waals surface area contributed by atoms with Crippen LogP contribution in [0.25, 0.3) is 0 Å². The summed E-state index contributed by atoms with van der Waals surface area (Å²) < 4.78 is 0. The second-order valence-corrected chi connectivity index (χ2v) is 5.46. The van der Waals surface area contributed by atoms with Crippen LogP contribution in [-0.2, 0) is 4.79 Å². The lowest BCUT2D eigenvalue weighted by atomic mass is 9.52. The lowest BCUT2D eigenvalue weighted by molar-refractivity contribution is -0.142. The minimum absolute atomic E-state index is 0.142. The van der Waals surface area contributed by atoms with E-state index in [4.69, 9.17) is 5.11 Å². The summed E-state index contributed by atoms with van der Waals surface area (Å²) in [4.78, 5) is 22.6. The van der Waals surface area contributed by atoms with Crippen molar-refractivity contribution in [2.75, 3.05) is 0 Å². The van der Waals surface area contributed by atoms with E-state index in [2.05, 4.69) is 5.32 Å². The first-order chi connectivity index (χ1) is 7.08. The zero-order valence-corrected chi connectivity index (χ0v) is 8.53. The van der Waals surface area contributed by atoms with Crippen molar-refractivity contribution in [1.29, 1.82) is 0 Å². The lowest BCUT2D eigenvalue weighted by Crippen LogP contribution is -2.62. The fourth-order valence-corrected chi connectivity index (χ4v) is 4.13. The molecule has 4 aliphatic carbocycles. The van der Waals surface area contributed by atoms with Crippen molar-refractivity contribution in [2.24, 2.45) is 17.8 Å². The molecule has 82 valence electrons. The van der Waals surface area contributed by atoms with Gasteiger partial charge in [-0.3, -0.25) is 4.79 Å². The summed E-state index contributed by atoms with van der Waals surface area (Å²) in [6.07, 6.45) is 3.48. The molecule has 0 radical (unpaired) electrons. The van der Waals surface area contributed by atoms with Crippen molar-refractivity contribution < 1.29 is 14.7 Å². The van der Waals surface area contributed by atoms with Crippen LogP contribution in [0.4, 0.5) is 4.79 Å². The zero-order valence-electron chi connectivity index (χ0n) is 8.53. The Morgan fingerprint density at radius 1 is 1.27 bits per heavy atom. The maximum atomic E-state index is 11.8. The average Bonchev–Trinajstić information content (AvgIpc) is 2.10. The number of hydrogen-bond acceptors (Lipinski definition) is 2. The van der Waals surface area contributed by atoms with E-state index in [1.165, 1.54) is 0 Å². The van der Waals surface area contributed by atoms with Gasteiger partial charge in [0.1, 0.15) is 5.78 Å². The van der Waals surface area contributed by atoms with Gasteiger partial charge in [-0.2, -0.15) is 0 Å². The minimum Gasteiger partial charge on any atom is -0.465 e. The van der Waals surface area contributed by atoms with E-state index < -0.39 is 6.09 Å². The molecule has 0 aliphatic heterocycles. The fraction of sp³-hybridized carbons (Fsp3) is 0.818. The fourth-order valence-electron chi connectivity index (χ4n) is 4.13. The van der Waals surface area contributed by atoms with Gasteiger partial charge in [0.25, 0.3) is 0 Å². The number of ketones is 1. The Morgan fingerprint density at radius 2 is 1.87 bits per heavy atom. The Balaban J connectivity index is 1.89. The summed E-state index contributed by atoms with van der Waals surface area (Å²) in [5, 5.41) is 11.5. The van der Waals surface area contributed by atoms with Crippen LogP contribution in [-0.4, -0.2) is 22.5 Å². The monoisotopic (exact) mass is 209 g/mol. The molecule has 4 heteroatoms. The van der Waals surface area contributed by atoms with E-state index in [1.807, 2.05) is 0 Å². The Labute approximate surface area is 88.0 Å². The standard InChI is InChI=1S/C11H15NO3/c13-9-7-1-6-2-8(9)5-11(3-6,4-7)12-10(14)15/h6-8,12H,1-5H2,(H,14,15)/t6?,7-,8?,11?/m1/s1. The van der Waals surface area contributed by atoms with Crippen molar-refractivity contribution in [3.8, 4) is 0 Å². The van der Waals surface area contributed by atoms with E-state index in [1.54, 1.807) is 0 Å². The van der Waals surface area contributed by atoms with E-state index in [9.17, 15) is 9.59 Å². The van der Waals surface area contributed by atoms with Crippen LogP contribution in [0.5, 0.6) is 0 Å². The molecular formula is C11H15NO3. The molecule has 0 aromatic carbocycles. The Kier molecular flexibility index (Phi) is 1.68. The van der Waals surface area contributed by atoms with E-state index in [-0.39, 0.29) is 17.4 Å². The van der Waals surface area contributed by atoms with Crippen LogP contribution in [0.2, 0.25) is 0 Å². The molecule has 0 heterocycles. The lowest BCUT2D eigenvalue weighted by Gasteiger charge is -2.55. The van der Waals surface area contributed by atoms with Gasteiger partial charge in [-0.05, 0) is 38.0 Å². The highest BCUT2D eigenvalue weighted by molar-refractivity contribution is 5.86. The Hall–Kier alpha value is -1.06. The normalized spacial score (nSPS) is 46.9. The van der Waals surface area contributed by atoms with Gasteiger partial charge in [0.2, 0.25) is 0 Å². The van der Waals surface area contributed by atoms with Gasteiger partial charge in [0, 0.05) is 17.4 Å². The van der Waals surface area contributed by atoms with E-state index in [0.717, 1.165) is 32.1 Å². The van der Waals surface area contributed by atoms with Crippen molar-refractivity contribution in [3.63, 3.8) is 0 Å². The molecule has 4 aliphatic rings. The van der Waals surface area contributed by atoms with Gasteiger partial charge in [-0.25, -0.2) is 4.79 Å². The van der Waals surface area contributed by atoms with Crippen LogP contribution < -0.4 is 5.32 Å². The second-order valence-electron chi connectivity index (χ2n) is 5.46. The summed E-state index contributed by atoms with van der Waals surface area (Å²) in [6, 6.07) is 0. The SMILES string of the molecule is O=C(O)NC12CC3CC(C1)C(=O)[C@H](C3)C2. The molecular weight excluding hydrogens is 194 g/mol. The maximum Gasteiger partial charge on any atom is 0.405 e. The topological polar surface area (TPSA) is 66.4 Å². The first-order valence-corrected chi connectivity index (χ1v) is 5.63. The molecule has 4 nitrogen and oxygen atoms in total. The number of amides is 1. The van der Waals surface area contributed by atoms with Crippen LogP contribution in [0.1, 0.15) is 32.1 Å². The molecule has 4 bridgehead atoms. The smallest absolute Gasteiger partial charge is 0.405 e. The third-order valence-corrected chi connectivity index (χ3v) is 4.37. The molecule has 0 aromatic rings. The zero-order chi connectivity index (χ0) is 10.6. The number of Topliss-reactive ketones (excluding diaryl/α,β-unsaturated/α-hetero) is 1. The van der Waals surface area contributed by atoms with Crippen LogP contribution in [0.15, 0.2) is 0 Å². The van der Waals surface area contributed by atoms with Gasteiger partial charge in [0.15, 0.2) is 0 Å². The highest BCUT2D eigenvalue weighted by Crippen LogP contribution is 2.53. The van der Waals surface area contributed by atoms with Gasteiger partial charge in [-0.15, -0.1) is 0 Å². The third kappa shape index (κ3) is 1.27. The van der Waals surface area contributed by atoms with Gasteiger partial charge >= 0.3 is 6.09 Å². The first kappa shape index (κ1) is 9.19. The molecule has 4 saturated carbocycles. The molecule has 15 heavy (non-hydrogen) atoms. The van der Waals surface area contributed by atoms with Crippen LogP contribution >= 0.6 is 0 Å². The van der Waals surface area contributed by atoms with Crippen molar-refractivity contribution in [2.45, 2.75) is 37.6 Å². The van der Waals surface area contributed by atoms with Gasteiger partial charge in [-0.1, -0.05) is 0 Å². The number of hydrogen-bond donors (Lipinski definition) is 2. The summed E-state index contributed by atoms with van der Waals surface area (Å²) in [5.74, 6) is 1.26. The molecule has 1 amide bonds. The minimum atomic E-state index is -0.940. The van der Waals surface area contributed by atoms with E-state index >= 15 is 0 Å². The molecule has 4 atom stereocenters. The average molecular weight is 209 g/mol.